The van der Waals surface area contributed by atoms with Crippen molar-refractivity contribution in [1.82, 2.24) is 9.55 Å². The summed E-state index contributed by atoms with van der Waals surface area (Å²) in [6.45, 7) is 4.84. The molecule has 0 aliphatic carbocycles. The smallest absolute Gasteiger partial charge is 0.128 e. The second kappa shape index (κ2) is 7.09. The Bertz CT molecular complexity index is 577. The van der Waals surface area contributed by atoms with Gasteiger partial charge in [0.15, 0.2) is 0 Å². The van der Waals surface area contributed by atoms with Gasteiger partial charge in [0.2, 0.25) is 0 Å². The van der Waals surface area contributed by atoms with Crippen LogP contribution in [0, 0.1) is 3.57 Å². The van der Waals surface area contributed by atoms with Gasteiger partial charge in [-0.25, -0.2) is 4.98 Å². The average Bonchev–Trinajstić information content (AvgIpc) is 2.77. The van der Waals surface area contributed by atoms with E-state index in [0.29, 0.717) is 6.61 Å². The zero-order valence-electron chi connectivity index (χ0n) is 12.1. The van der Waals surface area contributed by atoms with Crippen LogP contribution in [-0.2, 0) is 4.74 Å². The molecule has 0 radical (unpaired) electrons. The summed E-state index contributed by atoms with van der Waals surface area (Å²) in [4.78, 5) is 4.73. The summed E-state index contributed by atoms with van der Waals surface area (Å²) in [6.07, 6.45) is 2.16. The number of hydrogen-bond donors (Lipinski definition) is 0. The van der Waals surface area contributed by atoms with Gasteiger partial charge in [0.25, 0.3) is 0 Å². The van der Waals surface area contributed by atoms with Gasteiger partial charge in [-0.05, 0) is 54.1 Å². The van der Waals surface area contributed by atoms with E-state index in [1.54, 1.807) is 7.11 Å². The Morgan fingerprint density at radius 2 is 2.20 bits per heavy atom. The van der Waals surface area contributed by atoms with Crippen LogP contribution in [0.5, 0.6) is 0 Å². The first-order chi connectivity index (χ1) is 9.58. The molecule has 0 saturated heterocycles. The maximum absolute atomic E-state index is 6.34. The first kappa shape index (κ1) is 16.0. The third kappa shape index (κ3) is 3.28. The Balaban J connectivity index is 2.60. The molecule has 0 N–H and O–H groups in total. The highest BCUT2D eigenvalue weighted by Crippen LogP contribution is 2.30. The number of alkyl halides is 1. The minimum atomic E-state index is -0.115. The summed E-state index contributed by atoms with van der Waals surface area (Å²) in [5.41, 5.74) is 2.15. The lowest BCUT2D eigenvalue weighted by Crippen LogP contribution is -2.17. The quantitative estimate of drug-likeness (QED) is 0.502. The van der Waals surface area contributed by atoms with Gasteiger partial charge >= 0.3 is 0 Å². The number of ether oxygens (including phenoxy) is 1. The summed E-state index contributed by atoms with van der Waals surface area (Å²) < 4.78 is 8.84. The molecule has 1 heterocycles. The molecular weight excluding hydrogens is 387 g/mol. The van der Waals surface area contributed by atoms with Gasteiger partial charge in [0.05, 0.1) is 29.1 Å². The number of nitrogens with zero attached hydrogens (tertiary/aromatic N) is 2. The van der Waals surface area contributed by atoms with Crippen molar-refractivity contribution in [2.45, 2.75) is 38.1 Å². The van der Waals surface area contributed by atoms with Crippen LogP contribution in [0.15, 0.2) is 18.2 Å². The van der Waals surface area contributed by atoms with Crippen LogP contribution >= 0.6 is 34.2 Å². The standard InChI is InChI=1S/C15H20ClIN2O/c1-4-5-12(9-20-3)19-14-7-6-11(17)8-13(14)18-15(19)10(2)16/h6-8,10,12H,4-5,9H2,1-3H3. The third-order valence-electron chi connectivity index (χ3n) is 3.38. The van der Waals surface area contributed by atoms with Crippen molar-refractivity contribution in [3.63, 3.8) is 0 Å². The van der Waals surface area contributed by atoms with Crippen molar-refractivity contribution in [1.29, 1.82) is 0 Å². The normalized spacial score (nSPS) is 14.7. The number of benzene rings is 1. The number of aromatic nitrogens is 2. The summed E-state index contributed by atoms with van der Waals surface area (Å²) in [6, 6.07) is 6.63. The Labute approximate surface area is 138 Å². The maximum atomic E-state index is 6.34. The molecule has 0 spiro atoms. The van der Waals surface area contributed by atoms with E-state index < -0.39 is 0 Å². The molecular formula is C15H20ClIN2O. The van der Waals surface area contributed by atoms with E-state index in [1.807, 2.05) is 6.92 Å². The molecule has 2 unspecified atom stereocenters. The topological polar surface area (TPSA) is 27.1 Å². The molecule has 1 aromatic carbocycles. The largest absolute Gasteiger partial charge is 0.383 e. The Hall–Kier alpha value is -0.330. The van der Waals surface area contributed by atoms with Crippen LogP contribution in [0.4, 0.5) is 0 Å². The number of hydrogen-bond acceptors (Lipinski definition) is 2. The van der Waals surface area contributed by atoms with Crippen molar-refractivity contribution < 1.29 is 4.74 Å². The second-order valence-corrected chi connectivity index (χ2v) is 6.89. The fraction of sp³-hybridized carbons (Fsp3) is 0.533. The molecule has 0 aliphatic rings. The fourth-order valence-corrected chi connectivity index (χ4v) is 3.20. The Kier molecular flexibility index (Phi) is 5.69. The van der Waals surface area contributed by atoms with Gasteiger partial charge in [-0.15, -0.1) is 11.6 Å². The molecule has 1 aromatic heterocycles. The lowest BCUT2D eigenvalue weighted by Gasteiger charge is -2.21. The molecule has 5 heteroatoms. The third-order valence-corrected chi connectivity index (χ3v) is 4.25. The van der Waals surface area contributed by atoms with Crippen molar-refractivity contribution in [2.24, 2.45) is 0 Å². The van der Waals surface area contributed by atoms with Crippen molar-refractivity contribution in [3.8, 4) is 0 Å². The summed E-state index contributed by atoms with van der Waals surface area (Å²) in [5, 5.41) is -0.115. The minimum absolute atomic E-state index is 0.115. The highest BCUT2D eigenvalue weighted by atomic mass is 127. The molecule has 0 bridgehead atoms. The number of halogens is 2. The second-order valence-electron chi connectivity index (χ2n) is 4.99. The number of methoxy groups -OCH3 is 1. The van der Waals surface area contributed by atoms with Crippen LogP contribution in [0.3, 0.4) is 0 Å². The molecule has 2 aromatic rings. The first-order valence-electron chi connectivity index (χ1n) is 6.88. The number of rotatable bonds is 6. The zero-order valence-corrected chi connectivity index (χ0v) is 15.0. The van der Waals surface area contributed by atoms with Crippen LogP contribution in [-0.4, -0.2) is 23.3 Å². The van der Waals surface area contributed by atoms with Gasteiger partial charge in [0.1, 0.15) is 5.82 Å². The van der Waals surface area contributed by atoms with Crippen molar-refractivity contribution in [3.05, 3.63) is 27.6 Å². The molecule has 2 atom stereocenters. The average molecular weight is 407 g/mol. The predicted molar refractivity (Wildman–Crippen MR) is 92.5 cm³/mol. The predicted octanol–water partition coefficient (Wildman–Crippen LogP) is 4.93. The lowest BCUT2D eigenvalue weighted by atomic mass is 10.1. The molecule has 0 fully saturated rings. The highest BCUT2D eigenvalue weighted by Gasteiger charge is 2.21. The van der Waals surface area contributed by atoms with E-state index in [0.717, 1.165) is 29.7 Å². The van der Waals surface area contributed by atoms with Crippen LogP contribution in [0.25, 0.3) is 11.0 Å². The monoisotopic (exact) mass is 406 g/mol. The van der Waals surface area contributed by atoms with E-state index in [-0.39, 0.29) is 11.4 Å². The van der Waals surface area contributed by atoms with Crippen LogP contribution < -0.4 is 0 Å². The maximum Gasteiger partial charge on any atom is 0.128 e. The molecule has 2 rings (SSSR count). The molecule has 0 aliphatic heterocycles. The Morgan fingerprint density at radius 1 is 1.45 bits per heavy atom. The number of fused-ring (bicyclic) bond motifs is 1. The van der Waals surface area contributed by atoms with Crippen LogP contribution in [0.1, 0.15) is 43.9 Å². The summed E-state index contributed by atoms with van der Waals surface area (Å²) in [7, 11) is 1.74. The lowest BCUT2D eigenvalue weighted by molar-refractivity contribution is 0.150. The fourth-order valence-electron chi connectivity index (χ4n) is 2.57. The molecule has 3 nitrogen and oxygen atoms in total. The van der Waals surface area contributed by atoms with Gasteiger partial charge in [-0.3, -0.25) is 0 Å². The Morgan fingerprint density at radius 3 is 2.80 bits per heavy atom. The SMILES string of the molecule is CCCC(COC)n1c(C(C)Cl)nc2cc(I)ccc21. The van der Waals surface area contributed by atoms with Gasteiger partial charge in [-0.1, -0.05) is 13.3 Å². The van der Waals surface area contributed by atoms with Crippen molar-refractivity contribution >= 4 is 45.2 Å². The van der Waals surface area contributed by atoms with E-state index in [4.69, 9.17) is 21.3 Å². The van der Waals surface area contributed by atoms with E-state index in [1.165, 1.54) is 3.57 Å². The van der Waals surface area contributed by atoms with Gasteiger partial charge < -0.3 is 9.30 Å². The molecule has 20 heavy (non-hydrogen) atoms. The van der Waals surface area contributed by atoms with Gasteiger partial charge in [-0.2, -0.15) is 0 Å². The van der Waals surface area contributed by atoms with E-state index in [9.17, 15) is 0 Å². The molecule has 0 amide bonds. The molecule has 0 saturated carbocycles. The molecule has 110 valence electrons. The van der Waals surface area contributed by atoms with E-state index >= 15 is 0 Å². The first-order valence-corrected chi connectivity index (χ1v) is 8.40. The summed E-state index contributed by atoms with van der Waals surface area (Å²) >= 11 is 8.65. The van der Waals surface area contributed by atoms with E-state index in [2.05, 4.69) is 52.3 Å². The van der Waals surface area contributed by atoms with Crippen LogP contribution in [0.2, 0.25) is 0 Å². The minimum Gasteiger partial charge on any atom is -0.383 e. The van der Waals surface area contributed by atoms with Crippen molar-refractivity contribution in [2.75, 3.05) is 13.7 Å². The number of imidazole rings is 1. The zero-order chi connectivity index (χ0) is 14.7. The summed E-state index contributed by atoms with van der Waals surface area (Å²) in [5.74, 6) is 0.930. The highest BCUT2D eigenvalue weighted by molar-refractivity contribution is 14.1. The van der Waals surface area contributed by atoms with Gasteiger partial charge in [0, 0.05) is 10.7 Å².